The Morgan fingerprint density at radius 2 is 2.33 bits per heavy atom. The zero-order valence-electron chi connectivity index (χ0n) is 5.73. The van der Waals surface area contributed by atoms with E-state index in [9.17, 15) is 0 Å². The molecule has 0 aliphatic carbocycles. The van der Waals surface area contributed by atoms with Gasteiger partial charge in [0.05, 0.1) is 0 Å². The highest BCUT2D eigenvalue weighted by Gasteiger charge is 1.87. The maximum absolute atomic E-state index is 5.49. The topological polar surface area (TPSA) is 0 Å². The van der Waals surface area contributed by atoms with Gasteiger partial charge in [-0.05, 0) is 18.8 Å². The summed E-state index contributed by atoms with van der Waals surface area (Å²) in [5.41, 5.74) is 1.63. The molecule has 0 radical (unpaired) electrons. The van der Waals surface area contributed by atoms with Gasteiger partial charge in [-0.2, -0.15) is 0 Å². The van der Waals surface area contributed by atoms with E-state index in [4.69, 9.17) is 11.6 Å². The molecule has 0 bridgehead atoms. The van der Waals surface area contributed by atoms with Gasteiger partial charge in [-0.25, -0.2) is 0 Å². The van der Waals surface area contributed by atoms with Crippen molar-refractivity contribution in [2.75, 3.05) is 0 Å². The summed E-state index contributed by atoms with van der Waals surface area (Å²) in [5, 5.41) is 2.03. The van der Waals surface area contributed by atoms with Crippen molar-refractivity contribution in [1.82, 2.24) is 0 Å². The van der Waals surface area contributed by atoms with Gasteiger partial charge in [0.2, 0.25) is 0 Å². The standard InChI is InChI=1S/C7H11ClS/c1-3-5-9-7(4-2)6-8/h3,5-6H,4H2,1-2H3/b5-3-,7-6+. The van der Waals surface area contributed by atoms with E-state index < -0.39 is 0 Å². The van der Waals surface area contributed by atoms with Gasteiger partial charge in [-0.15, -0.1) is 11.8 Å². The smallest absolute Gasteiger partial charge is 0.0141 e. The third-order valence-corrected chi connectivity index (χ3v) is 2.34. The maximum atomic E-state index is 5.49. The number of thioether (sulfide) groups is 1. The Kier molecular flexibility index (Phi) is 6.33. The third kappa shape index (κ3) is 4.61. The Labute approximate surface area is 66.0 Å². The molecule has 0 nitrogen and oxygen atoms in total. The maximum Gasteiger partial charge on any atom is 0.0141 e. The number of hydrogen-bond donors (Lipinski definition) is 0. The Morgan fingerprint density at radius 3 is 2.67 bits per heavy atom. The lowest BCUT2D eigenvalue weighted by atomic mass is 10.5. The predicted octanol–water partition coefficient (Wildman–Crippen LogP) is 3.74. The van der Waals surface area contributed by atoms with Crippen LogP contribution in [0, 0.1) is 0 Å². The highest BCUT2D eigenvalue weighted by atomic mass is 35.5. The van der Waals surface area contributed by atoms with Crippen LogP contribution in [-0.2, 0) is 0 Å². The highest BCUT2D eigenvalue weighted by molar-refractivity contribution is 8.05. The van der Waals surface area contributed by atoms with Crippen molar-refractivity contribution in [3.63, 3.8) is 0 Å². The zero-order chi connectivity index (χ0) is 7.11. The second-order valence-corrected chi connectivity index (χ2v) is 2.77. The van der Waals surface area contributed by atoms with Crippen molar-refractivity contribution in [3.05, 3.63) is 21.9 Å². The van der Waals surface area contributed by atoms with Gasteiger partial charge >= 0.3 is 0 Å². The van der Waals surface area contributed by atoms with Gasteiger partial charge in [0.25, 0.3) is 0 Å². The van der Waals surface area contributed by atoms with Crippen molar-refractivity contribution in [2.45, 2.75) is 20.3 Å². The lowest BCUT2D eigenvalue weighted by Crippen LogP contribution is -1.65. The van der Waals surface area contributed by atoms with Crippen LogP contribution in [-0.4, -0.2) is 0 Å². The van der Waals surface area contributed by atoms with E-state index >= 15 is 0 Å². The van der Waals surface area contributed by atoms with E-state index in [2.05, 4.69) is 6.92 Å². The zero-order valence-corrected chi connectivity index (χ0v) is 7.30. The first-order chi connectivity index (χ1) is 4.35. The van der Waals surface area contributed by atoms with E-state index in [-0.39, 0.29) is 0 Å². The average molecular weight is 163 g/mol. The van der Waals surface area contributed by atoms with Crippen molar-refractivity contribution >= 4 is 23.4 Å². The summed E-state index contributed by atoms with van der Waals surface area (Å²) < 4.78 is 0. The van der Waals surface area contributed by atoms with Gasteiger partial charge in [0.15, 0.2) is 0 Å². The minimum Gasteiger partial charge on any atom is -0.102 e. The molecule has 0 aromatic heterocycles. The highest BCUT2D eigenvalue weighted by Crippen LogP contribution is 2.20. The van der Waals surface area contributed by atoms with Gasteiger partial charge in [0.1, 0.15) is 0 Å². The second-order valence-electron chi connectivity index (χ2n) is 1.52. The van der Waals surface area contributed by atoms with Crippen molar-refractivity contribution in [2.24, 2.45) is 0 Å². The number of allylic oxidation sites excluding steroid dienone is 2. The fraction of sp³-hybridized carbons (Fsp3) is 0.429. The van der Waals surface area contributed by atoms with Crippen LogP contribution < -0.4 is 0 Å². The van der Waals surface area contributed by atoms with Crippen LogP contribution in [0.15, 0.2) is 21.9 Å². The normalized spacial score (nSPS) is 13.0. The molecule has 9 heavy (non-hydrogen) atoms. The van der Waals surface area contributed by atoms with Crippen LogP contribution in [0.3, 0.4) is 0 Å². The molecule has 0 aromatic carbocycles. The van der Waals surface area contributed by atoms with Crippen LogP contribution in [0.4, 0.5) is 0 Å². The fourth-order valence-electron chi connectivity index (χ4n) is 0.342. The van der Waals surface area contributed by atoms with Crippen LogP contribution in [0.5, 0.6) is 0 Å². The molecular weight excluding hydrogens is 152 g/mol. The quantitative estimate of drug-likeness (QED) is 0.609. The molecule has 0 aromatic rings. The molecule has 0 aliphatic heterocycles. The summed E-state index contributed by atoms with van der Waals surface area (Å²) in [7, 11) is 0. The van der Waals surface area contributed by atoms with Crippen LogP contribution in [0.2, 0.25) is 0 Å². The first kappa shape index (κ1) is 9.12. The van der Waals surface area contributed by atoms with Crippen LogP contribution in [0.25, 0.3) is 0 Å². The molecule has 0 saturated carbocycles. The summed E-state index contributed by atoms with van der Waals surface area (Å²) >= 11 is 7.16. The number of hydrogen-bond acceptors (Lipinski definition) is 1. The van der Waals surface area contributed by atoms with E-state index in [0.717, 1.165) is 6.42 Å². The largest absolute Gasteiger partial charge is 0.102 e. The summed E-state index contributed by atoms with van der Waals surface area (Å²) in [6.45, 7) is 4.08. The first-order valence-corrected chi connectivity index (χ1v) is 4.23. The lowest BCUT2D eigenvalue weighted by molar-refractivity contribution is 1.21. The van der Waals surface area contributed by atoms with Crippen LogP contribution >= 0.6 is 23.4 Å². The van der Waals surface area contributed by atoms with Gasteiger partial charge in [-0.1, -0.05) is 24.6 Å². The molecule has 0 atom stereocenters. The molecule has 0 unspecified atom stereocenters. The van der Waals surface area contributed by atoms with E-state index in [1.165, 1.54) is 4.91 Å². The summed E-state index contributed by atoms with van der Waals surface area (Å²) in [6, 6.07) is 0. The average Bonchev–Trinajstić information content (AvgIpc) is 1.91. The molecule has 0 saturated heterocycles. The molecule has 0 heterocycles. The Bertz CT molecular complexity index is 116. The molecular formula is C7H11ClS. The lowest BCUT2D eigenvalue weighted by Gasteiger charge is -1.93. The summed E-state index contributed by atoms with van der Waals surface area (Å²) in [4.78, 5) is 1.20. The first-order valence-electron chi connectivity index (χ1n) is 2.92. The molecule has 2 heteroatoms. The van der Waals surface area contributed by atoms with Crippen molar-refractivity contribution < 1.29 is 0 Å². The minimum atomic E-state index is 1.01. The molecule has 0 aliphatic rings. The SMILES string of the molecule is C/C=C\S/C(=C/Cl)CC. The molecule has 0 N–H and O–H groups in total. The van der Waals surface area contributed by atoms with Crippen molar-refractivity contribution in [1.29, 1.82) is 0 Å². The molecule has 0 rings (SSSR count). The van der Waals surface area contributed by atoms with Gasteiger partial charge < -0.3 is 0 Å². The summed E-state index contributed by atoms with van der Waals surface area (Å²) in [6.07, 6.45) is 3.01. The monoisotopic (exact) mass is 162 g/mol. The molecule has 0 fully saturated rings. The van der Waals surface area contributed by atoms with E-state index in [0.29, 0.717) is 0 Å². The summed E-state index contributed by atoms with van der Waals surface area (Å²) in [5.74, 6) is 0. The second kappa shape index (κ2) is 6.24. The third-order valence-electron chi connectivity index (χ3n) is 0.826. The van der Waals surface area contributed by atoms with Gasteiger partial charge in [0, 0.05) is 10.4 Å². The molecule has 0 amide bonds. The Hall–Kier alpha value is 0.120. The van der Waals surface area contributed by atoms with Crippen molar-refractivity contribution in [3.8, 4) is 0 Å². The van der Waals surface area contributed by atoms with Gasteiger partial charge in [-0.3, -0.25) is 0 Å². The Balaban J connectivity index is 3.58. The Morgan fingerprint density at radius 1 is 1.67 bits per heavy atom. The number of rotatable bonds is 3. The molecule has 52 valence electrons. The van der Waals surface area contributed by atoms with E-state index in [1.807, 2.05) is 18.4 Å². The van der Waals surface area contributed by atoms with E-state index in [1.54, 1.807) is 17.3 Å². The van der Waals surface area contributed by atoms with Crippen LogP contribution in [0.1, 0.15) is 20.3 Å². The minimum absolute atomic E-state index is 1.01. The molecule has 0 spiro atoms. The number of halogens is 1. The predicted molar refractivity (Wildman–Crippen MR) is 46.6 cm³/mol. The fourth-order valence-corrected chi connectivity index (χ4v) is 1.18.